The van der Waals surface area contributed by atoms with Crippen LogP contribution in [0.25, 0.3) is 0 Å². The number of anilines is 1. The van der Waals surface area contributed by atoms with E-state index in [0.717, 1.165) is 40.2 Å². The van der Waals surface area contributed by atoms with Crippen LogP contribution >= 0.6 is 11.3 Å². The molecule has 1 atom stereocenters. The Kier molecular flexibility index (Phi) is 6.70. The molecule has 0 bridgehead atoms. The molecule has 3 heterocycles. The lowest BCUT2D eigenvalue weighted by molar-refractivity contribution is -0.116. The zero-order valence-electron chi connectivity index (χ0n) is 17.5. The first kappa shape index (κ1) is 21.8. The average molecular weight is 423 g/mol. The van der Waals surface area contributed by atoms with E-state index in [1.54, 1.807) is 30.7 Å². The molecule has 0 amide bonds. The number of Topliss-reactive ketones (excluding diaryl/α,β-unsaturated/α-hetero) is 1. The number of thiophene rings is 1. The van der Waals surface area contributed by atoms with Gasteiger partial charge in [-0.15, -0.1) is 11.3 Å². The number of pyridine rings is 1. The number of allylic oxidation sites excluding steroid dienone is 3. The van der Waals surface area contributed by atoms with E-state index in [1.165, 1.54) is 4.88 Å². The average Bonchev–Trinajstić information content (AvgIpc) is 3.06. The monoisotopic (exact) mass is 422 g/mol. The number of rotatable bonds is 2. The van der Waals surface area contributed by atoms with Gasteiger partial charge >= 0.3 is 0 Å². The number of carbonyl (C=O) groups is 1. The number of hydrogen-bond acceptors (Lipinski definition) is 7. The minimum absolute atomic E-state index is 0.110. The van der Waals surface area contributed by atoms with Crippen molar-refractivity contribution in [1.29, 1.82) is 5.26 Å². The molecule has 156 valence electrons. The normalized spacial score (nSPS) is 18.6. The molecule has 0 radical (unpaired) electrons. The lowest BCUT2D eigenvalue weighted by Crippen LogP contribution is -2.38. The molecule has 0 saturated heterocycles. The smallest absolute Gasteiger partial charge is 0.161 e. The fraction of sp³-hybridized carbons (Fsp3) is 0.348. The molecule has 2 aliphatic rings. The highest BCUT2D eigenvalue weighted by Crippen LogP contribution is 2.47. The van der Waals surface area contributed by atoms with E-state index >= 15 is 0 Å². The molecular weight excluding hydrogens is 396 g/mol. The molecule has 7 heteroatoms. The molecule has 0 fully saturated rings. The number of ketones is 1. The molecule has 6 nitrogen and oxygen atoms in total. The third kappa shape index (κ3) is 3.89. The summed E-state index contributed by atoms with van der Waals surface area (Å²) in [6, 6.07) is 8.12. The number of nitrogens with two attached hydrogens (primary N) is 1. The van der Waals surface area contributed by atoms with E-state index in [4.69, 9.17) is 10.8 Å². The zero-order chi connectivity index (χ0) is 21.8. The van der Waals surface area contributed by atoms with Crippen LogP contribution in [0.5, 0.6) is 0 Å². The molecule has 1 unspecified atom stereocenters. The van der Waals surface area contributed by atoms with Crippen molar-refractivity contribution in [2.24, 2.45) is 5.73 Å². The number of nitriles is 1. The first-order chi connectivity index (χ1) is 14.4. The van der Waals surface area contributed by atoms with E-state index in [2.05, 4.69) is 17.1 Å². The van der Waals surface area contributed by atoms with Crippen molar-refractivity contribution in [2.45, 2.75) is 46.0 Å². The number of aromatic nitrogens is 1. The van der Waals surface area contributed by atoms with Crippen LogP contribution in [0.2, 0.25) is 0 Å². The second kappa shape index (κ2) is 9.24. The van der Waals surface area contributed by atoms with Gasteiger partial charge in [0.05, 0.1) is 29.4 Å². The van der Waals surface area contributed by atoms with Gasteiger partial charge in [-0.2, -0.15) is 5.26 Å². The van der Waals surface area contributed by atoms with Crippen LogP contribution in [0.15, 0.2) is 53.3 Å². The third-order valence-corrected chi connectivity index (χ3v) is 6.19. The second-order valence-corrected chi connectivity index (χ2v) is 8.67. The van der Waals surface area contributed by atoms with Gasteiger partial charge in [0, 0.05) is 40.2 Å². The number of hydrogen-bond donors (Lipinski definition) is 2. The van der Waals surface area contributed by atoms with Gasteiger partial charge in [-0.1, -0.05) is 0 Å². The van der Waals surface area contributed by atoms with Gasteiger partial charge in [-0.05, 0) is 57.4 Å². The predicted molar refractivity (Wildman–Crippen MR) is 119 cm³/mol. The molecule has 0 spiro atoms. The minimum atomic E-state index is -0.379. The van der Waals surface area contributed by atoms with Crippen LogP contribution in [0, 0.1) is 25.2 Å². The number of aryl methyl sites for hydroxylation is 2. The predicted octanol–water partition coefficient (Wildman–Crippen LogP) is 4.06. The maximum Gasteiger partial charge on any atom is 0.161 e. The summed E-state index contributed by atoms with van der Waals surface area (Å²) in [7, 11) is 0. The van der Waals surface area contributed by atoms with Crippen molar-refractivity contribution in [2.75, 3.05) is 11.5 Å². The van der Waals surface area contributed by atoms with Crippen LogP contribution in [-0.2, 0) is 4.79 Å². The molecule has 0 saturated carbocycles. The minimum Gasteiger partial charge on any atom is -0.397 e. The summed E-state index contributed by atoms with van der Waals surface area (Å²) >= 11 is 1.68. The summed E-state index contributed by atoms with van der Waals surface area (Å²) in [5.41, 5.74) is 10.4. The van der Waals surface area contributed by atoms with E-state index in [1.807, 2.05) is 30.9 Å². The lowest BCUT2D eigenvalue weighted by Gasteiger charge is -2.39. The Morgan fingerprint density at radius 1 is 1.40 bits per heavy atom. The van der Waals surface area contributed by atoms with Gasteiger partial charge in [0.2, 0.25) is 0 Å². The van der Waals surface area contributed by atoms with Crippen LogP contribution in [0.3, 0.4) is 0 Å². The summed E-state index contributed by atoms with van der Waals surface area (Å²) < 4.78 is 0. The van der Waals surface area contributed by atoms with E-state index in [9.17, 15) is 10.1 Å². The Hall–Kier alpha value is -2.95. The van der Waals surface area contributed by atoms with E-state index < -0.39 is 0 Å². The zero-order valence-corrected chi connectivity index (χ0v) is 18.3. The highest BCUT2D eigenvalue weighted by molar-refractivity contribution is 7.12. The Bertz CT molecular complexity index is 1050. The first-order valence-corrected chi connectivity index (χ1v) is 10.8. The summed E-state index contributed by atoms with van der Waals surface area (Å²) in [6.45, 7) is 6.02. The second-order valence-electron chi connectivity index (χ2n) is 7.21. The Morgan fingerprint density at radius 3 is 2.70 bits per heavy atom. The molecule has 30 heavy (non-hydrogen) atoms. The van der Waals surface area contributed by atoms with Gasteiger partial charge in [-0.3, -0.25) is 14.7 Å². The van der Waals surface area contributed by atoms with Crippen molar-refractivity contribution in [3.63, 3.8) is 0 Å². The van der Waals surface area contributed by atoms with Crippen LogP contribution in [0.4, 0.5) is 5.69 Å². The van der Waals surface area contributed by atoms with Gasteiger partial charge in [0.1, 0.15) is 5.82 Å². The largest absolute Gasteiger partial charge is 0.397 e. The van der Waals surface area contributed by atoms with Crippen LogP contribution < -0.4 is 10.6 Å². The summed E-state index contributed by atoms with van der Waals surface area (Å²) in [6.07, 6.45) is 5.47. The molecular formula is C23H26N4O2S. The molecule has 2 aromatic heterocycles. The maximum absolute atomic E-state index is 13.0. The van der Waals surface area contributed by atoms with Gasteiger partial charge < -0.3 is 10.8 Å². The van der Waals surface area contributed by atoms with Crippen LogP contribution in [0.1, 0.15) is 47.4 Å². The third-order valence-electron chi connectivity index (χ3n) is 5.21. The van der Waals surface area contributed by atoms with Crippen molar-refractivity contribution < 1.29 is 9.90 Å². The summed E-state index contributed by atoms with van der Waals surface area (Å²) in [4.78, 5) is 21.3. The van der Waals surface area contributed by atoms with Crippen molar-refractivity contribution >= 4 is 22.8 Å². The van der Waals surface area contributed by atoms with Crippen LogP contribution in [-0.4, -0.2) is 22.5 Å². The molecule has 1 aliphatic carbocycles. The molecule has 4 rings (SSSR count). The number of aliphatic hydroxyl groups excluding tert-OH is 1. The SMILES string of the molecule is CCO.Cc1cc(C2C(C#N)=C(N)N(c3cccnc3)C3=C2C(=O)CCC3)c(C)s1. The number of aliphatic hydroxyl groups is 1. The summed E-state index contributed by atoms with van der Waals surface area (Å²) in [5, 5.41) is 17.5. The Balaban J connectivity index is 0.000000806. The van der Waals surface area contributed by atoms with E-state index in [0.29, 0.717) is 17.8 Å². The molecule has 1 aliphatic heterocycles. The highest BCUT2D eigenvalue weighted by atomic mass is 32.1. The van der Waals surface area contributed by atoms with Gasteiger partial charge in [0.25, 0.3) is 0 Å². The quantitative estimate of drug-likeness (QED) is 0.756. The Morgan fingerprint density at radius 2 is 2.13 bits per heavy atom. The molecule has 0 aromatic carbocycles. The fourth-order valence-corrected chi connectivity index (χ4v) is 5.08. The Labute approximate surface area is 181 Å². The topological polar surface area (TPSA) is 103 Å². The van der Waals surface area contributed by atoms with Crippen molar-refractivity contribution in [1.82, 2.24) is 4.98 Å². The lowest BCUT2D eigenvalue weighted by atomic mass is 9.75. The number of carbonyl (C=O) groups excluding carboxylic acids is 1. The standard InChI is InChI=1S/C21H20N4OS.C2H6O/c1-12-9-15(13(2)27-12)19-16(10-22)21(23)25(14-5-4-8-24-11-14)17-6-3-7-18(26)20(17)19;1-2-3/h4-5,8-9,11,19H,3,6-7,23H2,1-2H3;3H,2H2,1H3. The highest BCUT2D eigenvalue weighted by Gasteiger charge is 2.41. The first-order valence-electron chi connectivity index (χ1n) is 9.98. The van der Waals surface area contributed by atoms with Crippen molar-refractivity contribution in [3.05, 3.63) is 68.6 Å². The molecule has 3 N–H and O–H groups in total. The van der Waals surface area contributed by atoms with Gasteiger partial charge in [0.15, 0.2) is 5.78 Å². The molecule has 2 aromatic rings. The maximum atomic E-state index is 13.0. The fourth-order valence-electron chi connectivity index (χ4n) is 4.12. The van der Waals surface area contributed by atoms with Gasteiger partial charge in [-0.25, -0.2) is 0 Å². The summed E-state index contributed by atoms with van der Waals surface area (Å²) in [5.74, 6) is 0.126. The van der Waals surface area contributed by atoms with Crippen molar-refractivity contribution in [3.8, 4) is 6.07 Å². The van der Waals surface area contributed by atoms with E-state index in [-0.39, 0.29) is 18.3 Å². The number of nitrogens with zero attached hydrogens (tertiary/aromatic N) is 3.